The summed E-state index contributed by atoms with van der Waals surface area (Å²) in [4.78, 5) is 11.9. The summed E-state index contributed by atoms with van der Waals surface area (Å²) in [6.45, 7) is 0. The molecule has 2 N–H and O–H groups in total. The largest absolute Gasteiger partial charge is 0.511 e. The third kappa shape index (κ3) is 3.16. The number of allylic oxidation sites excluding steroid dienone is 2. The molecule has 0 amide bonds. The van der Waals surface area contributed by atoms with Crippen LogP contribution in [0.5, 0.6) is 0 Å². The topological polar surface area (TPSA) is 66.8 Å². The van der Waals surface area contributed by atoms with E-state index in [-0.39, 0.29) is 11.5 Å². The molecule has 1 aliphatic rings. The van der Waals surface area contributed by atoms with Gasteiger partial charge in [0, 0.05) is 11.6 Å². The Kier molecular flexibility index (Phi) is 4.38. The molecule has 1 aliphatic carbocycles. The quantitative estimate of drug-likeness (QED) is 0.652. The van der Waals surface area contributed by atoms with Crippen molar-refractivity contribution in [2.45, 2.75) is 6.10 Å². The SMILES string of the molecule is COC1=CC(O)C(C=CC(=O)c2ccccc2)C(O)=C1. The number of hydrogen-bond donors (Lipinski definition) is 2. The highest BCUT2D eigenvalue weighted by atomic mass is 16.5. The van der Waals surface area contributed by atoms with Crippen LogP contribution in [0.3, 0.4) is 0 Å². The van der Waals surface area contributed by atoms with E-state index >= 15 is 0 Å². The Balaban J connectivity index is 2.11. The van der Waals surface area contributed by atoms with Gasteiger partial charge in [0.05, 0.1) is 19.1 Å². The van der Waals surface area contributed by atoms with Crippen LogP contribution in [0.4, 0.5) is 0 Å². The summed E-state index contributed by atoms with van der Waals surface area (Å²) in [5.74, 6) is -0.448. The van der Waals surface area contributed by atoms with Crippen LogP contribution in [0.25, 0.3) is 0 Å². The summed E-state index contributed by atoms with van der Waals surface area (Å²) in [5.41, 5.74) is 0.561. The lowest BCUT2D eigenvalue weighted by Gasteiger charge is -2.21. The monoisotopic (exact) mass is 272 g/mol. The van der Waals surface area contributed by atoms with Crippen molar-refractivity contribution in [1.82, 2.24) is 0 Å². The minimum absolute atomic E-state index is 0.0334. The van der Waals surface area contributed by atoms with Crippen molar-refractivity contribution in [3.63, 3.8) is 0 Å². The van der Waals surface area contributed by atoms with E-state index in [1.807, 2.05) is 6.07 Å². The Morgan fingerprint density at radius 2 is 2.00 bits per heavy atom. The lowest BCUT2D eigenvalue weighted by Crippen LogP contribution is -2.22. The number of hydrogen-bond acceptors (Lipinski definition) is 4. The maximum Gasteiger partial charge on any atom is 0.185 e. The third-order valence-corrected chi connectivity index (χ3v) is 3.08. The first kappa shape index (κ1) is 14.1. The number of benzene rings is 1. The predicted octanol–water partition coefficient (Wildman–Crippen LogP) is 2.39. The van der Waals surface area contributed by atoms with Gasteiger partial charge in [-0.2, -0.15) is 0 Å². The van der Waals surface area contributed by atoms with Crippen LogP contribution in [0.1, 0.15) is 10.4 Å². The molecule has 104 valence electrons. The molecule has 0 bridgehead atoms. The summed E-state index contributed by atoms with van der Waals surface area (Å²) >= 11 is 0. The second-order valence-corrected chi connectivity index (χ2v) is 4.45. The number of carbonyl (C=O) groups is 1. The van der Waals surface area contributed by atoms with Crippen molar-refractivity contribution in [2.24, 2.45) is 5.92 Å². The van der Waals surface area contributed by atoms with E-state index < -0.39 is 12.0 Å². The zero-order valence-electron chi connectivity index (χ0n) is 11.1. The lowest BCUT2D eigenvalue weighted by atomic mass is 9.93. The Morgan fingerprint density at radius 1 is 1.30 bits per heavy atom. The average Bonchev–Trinajstić information content (AvgIpc) is 2.46. The molecule has 0 heterocycles. The maximum atomic E-state index is 11.9. The standard InChI is InChI=1S/C16H16O4/c1-20-12-9-15(18)13(16(19)10-12)7-8-14(17)11-5-3-2-4-6-11/h2-10,13,15,18-19H,1H3. The van der Waals surface area contributed by atoms with Gasteiger partial charge in [-0.05, 0) is 12.2 Å². The Labute approximate surface area is 117 Å². The van der Waals surface area contributed by atoms with Crippen LogP contribution in [0.15, 0.2) is 66.2 Å². The van der Waals surface area contributed by atoms with Crippen molar-refractivity contribution in [1.29, 1.82) is 0 Å². The third-order valence-electron chi connectivity index (χ3n) is 3.08. The van der Waals surface area contributed by atoms with Crippen LogP contribution >= 0.6 is 0 Å². The number of carbonyl (C=O) groups excluding carboxylic acids is 1. The van der Waals surface area contributed by atoms with Gasteiger partial charge < -0.3 is 14.9 Å². The summed E-state index contributed by atoms with van der Waals surface area (Å²) in [7, 11) is 1.46. The van der Waals surface area contributed by atoms with E-state index in [9.17, 15) is 15.0 Å². The minimum Gasteiger partial charge on any atom is -0.511 e. The second-order valence-electron chi connectivity index (χ2n) is 4.45. The van der Waals surface area contributed by atoms with Crippen LogP contribution in [-0.4, -0.2) is 29.2 Å². The van der Waals surface area contributed by atoms with Gasteiger partial charge in [0.2, 0.25) is 0 Å². The number of aliphatic hydroxyl groups excluding tert-OH is 2. The normalized spacial score (nSPS) is 22.3. The zero-order valence-corrected chi connectivity index (χ0v) is 11.1. The molecular formula is C16H16O4. The molecule has 2 atom stereocenters. The number of rotatable bonds is 4. The van der Waals surface area contributed by atoms with Crippen molar-refractivity contribution in [2.75, 3.05) is 7.11 Å². The summed E-state index contributed by atoms with van der Waals surface area (Å²) < 4.78 is 4.95. The number of ether oxygens (including phenoxy) is 1. The van der Waals surface area contributed by atoms with Crippen LogP contribution in [0, 0.1) is 5.92 Å². The second kappa shape index (κ2) is 6.21. The van der Waals surface area contributed by atoms with Crippen molar-refractivity contribution >= 4 is 5.78 Å². The molecule has 4 nitrogen and oxygen atoms in total. The van der Waals surface area contributed by atoms with E-state index in [1.54, 1.807) is 24.3 Å². The van der Waals surface area contributed by atoms with E-state index in [2.05, 4.69) is 0 Å². The van der Waals surface area contributed by atoms with Crippen LogP contribution in [-0.2, 0) is 4.74 Å². The maximum absolute atomic E-state index is 11.9. The van der Waals surface area contributed by atoms with Gasteiger partial charge in [0.15, 0.2) is 5.78 Å². The highest BCUT2D eigenvalue weighted by Crippen LogP contribution is 2.24. The van der Waals surface area contributed by atoms with Gasteiger partial charge in [0.25, 0.3) is 0 Å². The molecular weight excluding hydrogens is 256 g/mol. The van der Waals surface area contributed by atoms with E-state index in [0.717, 1.165) is 0 Å². The van der Waals surface area contributed by atoms with Gasteiger partial charge in [-0.1, -0.05) is 36.4 Å². The van der Waals surface area contributed by atoms with E-state index in [4.69, 9.17) is 4.74 Å². The highest BCUT2D eigenvalue weighted by Gasteiger charge is 2.24. The minimum atomic E-state index is -0.922. The summed E-state index contributed by atoms with van der Waals surface area (Å²) in [6, 6.07) is 8.81. The molecule has 4 heteroatoms. The molecule has 0 spiro atoms. The fourth-order valence-electron chi connectivity index (χ4n) is 1.97. The molecule has 2 rings (SSSR count). The van der Waals surface area contributed by atoms with Crippen LogP contribution < -0.4 is 0 Å². The number of methoxy groups -OCH3 is 1. The molecule has 1 aromatic carbocycles. The number of ketones is 1. The first-order valence-electron chi connectivity index (χ1n) is 6.24. The lowest BCUT2D eigenvalue weighted by molar-refractivity contribution is 0.104. The average molecular weight is 272 g/mol. The highest BCUT2D eigenvalue weighted by molar-refractivity contribution is 6.04. The van der Waals surface area contributed by atoms with E-state index in [0.29, 0.717) is 11.3 Å². The van der Waals surface area contributed by atoms with Gasteiger partial charge in [-0.3, -0.25) is 4.79 Å². The first-order chi connectivity index (χ1) is 9.61. The Hall–Kier alpha value is -2.33. The smallest absolute Gasteiger partial charge is 0.185 e. The molecule has 0 aliphatic heterocycles. The molecule has 0 aromatic heterocycles. The van der Waals surface area contributed by atoms with Gasteiger partial charge >= 0.3 is 0 Å². The van der Waals surface area contributed by atoms with Gasteiger partial charge in [0.1, 0.15) is 11.5 Å². The fourth-order valence-corrected chi connectivity index (χ4v) is 1.97. The Bertz CT molecular complexity index is 569. The number of aliphatic hydroxyl groups is 2. The first-order valence-corrected chi connectivity index (χ1v) is 6.24. The summed E-state index contributed by atoms with van der Waals surface area (Å²) in [5, 5.41) is 19.7. The molecule has 0 saturated carbocycles. The van der Waals surface area contributed by atoms with Gasteiger partial charge in [-0.25, -0.2) is 0 Å². The van der Waals surface area contributed by atoms with Crippen LogP contribution in [0.2, 0.25) is 0 Å². The van der Waals surface area contributed by atoms with Crippen molar-refractivity contribution < 1.29 is 19.7 Å². The molecule has 0 fully saturated rings. The predicted molar refractivity (Wildman–Crippen MR) is 75.2 cm³/mol. The van der Waals surface area contributed by atoms with E-state index in [1.165, 1.54) is 31.4 Å². The van der Waals surface area contributed by atoms with Crippen molar-refractivity contribution in [3.8, 4) is 0 Å². The van der Waals surface area contributed by atoms with Gasteiger partial charge in [-0.15, -0.1) is 0 Å². The molecule has 1 aromatic rings. The molecule has 2 unspecified atom stereocenters. The Morgan fingerprint density at radius 3 is 2.60 bits per heavy atom. The molecule has 20 heavy (non-hydrogen) atoms. The fraction of sp³-hybridized carbons (Fsp3) is 0.188. The molecule has 0 radical (unpaired) electrons. The van der Waals surface area contributed by atoms with Crippen molar-refractivity contribution in [3.05, 3.63) is 71.7 Å². The summed E-state index contributed by atoms with van der Waals surface area (Å²) in [6.07, 6.45) is 4.85. The zero-order chi connectivity index (χ0) is 14.5. The molecule has 0 saturated heterocycles.